The number of amides is 1. The average Bonchev–Trinajstić information content (AvgIpc) is 3.05. The highest BCUT2D eigenvalue weighted by Gasteiger charge is 2.30. The Hall–Kier alpha value is -2.61. The molecule has 26 heavy (non-hydrogen) atoms. The van der Waals surface area contributed by atoms with Crippen LogP contribution < -0.4 is 20.1 Å². The summed E-state index contributed by atoms with van der Waals surface area (Å²) in [5.41, 5.74) is 0.230. The molecule has 0 spiro atoms. The van der Waals surface area contributed by atoms with Crippen LogP contribution in [-0.4, -0.2) is 19.2 Å². The van der Waals surface area contributed by atoms with Crippen LogP contribution in [-0.2, 0) is 17.5 Å². The normalized spacial score (nSPS) is 12.8. The lowest BCUT2D eigenvalue weighted by Gasteiger charge is -2.12. The summed E-state index contributed by atoms with van der Waals surface area (Å²) in [6.07, 6.45) is -4.47. The van der Waals surface area contributed by atoms with E-state index in [1.807, 2.05) is 0 Å². The van der Waals surface area contributed by atoms with Gasteiger partial charge in [-0.15, -0.1) is 0 Å². The molecule has 0 aromatic heterocycles. The number of hydrogen-bond acceptors (Lipinski definition) is 4. The van der Waals surface area contributed by atoms with E-state index in [1.165, 1.54) is 6.07 Å². The number of carbonyl (C=O) groups excluding carboxylic acids is 1. The number of alkyl halides is 3. The molecule has 0 aliphatic carbocycles. The lowest BCUT2D eigenvalue weighted by Crippen LogP contribution is -2.29. The van der Waals surface area contributed by atoms with E-state index in [0.29, 0.717) is 11.5 Å². The van der Waals surface area contributed by atoms with Crippen LogP contribution in [0.3, 0.4) is 0 Å². The first-order chi connectivity index (χ1) is 12.3. The van der Waals surface area contributed by atoms with Gasteiger partial charge >= 0.3 is 6.18 Å². The van der Waals surface area contributed by atoms with Crippen molar-refractivity contribution in [2.45, 2.75) is 12.7 Å². The summed E-state index contributed by atoms with van der Waals surface area (Å²) < 4.78 is 48.3. The van der Waals surface area contributed by atoms with Gasteiger partial charge in [0.2, 0.25) is 12.7 Å². The lowest BCUT2D eigenvalue weighted by molar-refractivity contribution is -0.137. The third-order valence-electron chi connectivity index (χ3n) is 3.66. The van der Waals surface area contributed by atoms with Crippen molar-refractivity contribution in [2.75, 3.05) is 18.7 Å². The topological polar surface area (TPSA) is 59.6 Å². The molecule has 0 saturated heterocycles. The Bertz CT molecular complexity index is 827. The third-order valence-corrected chi connectivity index (χ3v) is 3.98. The number of ether oxygens (including phenoxy) is 2. The second-order valence-electron chi connectivity index (χ2n) is 5.51. The van der Waals surface area contributed by atoms with Crippen molar-refractivity contribution in [3.8, 4) is 11.5 Å². The van der Waals surface area contributed by atoms with Crippen molar-refractivity contribution >= 4 is 23.2 Å². The van der Waals surface area contributed by atoms with Gasteiger partial charge in [0, 0.05) is 6.54 Å². The maximum Gasteiger partial charge on any atom is 0.416 e. The van der Waals surface area contributed by atoms with Crippen LogP contribution in [0.1, 0.15) is 11.1 Å². The number of anilines is 1. The number of halogens is 4. The molecular formula is C17H14ClF3N2O3. The largest absolute Gasteiger partial charge is 0.454 e. The molecule has 1 amide bonds. The Kier molecular flexibility index (Phi) is 5.13. The predicted octanol–water partition coefficient (Wildman–Crippen LogP) is 3.82. The molecular weight excluding hydrogens is 373 g/mol. The standard InChI is InChI=1S/C17H14ClF3N2O3/c18-12-6-11(17(19,20)21)2-3-13(12)22-8-16(24)23-7-10-1-4-14-15(5-10)26-9-25-14/h1-6,22H,7-9H2,(H,23,24). The number of fused-ring (bicyclic) bond motifs is 1. The summed E-state index contributed by atoms with van der Waals surface area (Å²) in [7, 11) is 0. The van der Waals surface area contributed by atoms with Gasteiger partial charge in [-0.05, 0) is 35.9 Å². The molecule has 5 nitrogen and oxygen atoms in total. The summed E-state index contributed by atoms with van der Waals surface area (Å²) in [5.74, 6) is 0.934. The highest BCUT2D eigenvalue weighted by molar-refractivity contribution is 6.33. The molecule has 3 rings (SSSR count). The Morgan fingerprint density at radius 3 is 2.62 bits per heavy atom. The van der Waals surface area contributed by atoms with Gasteiger partial charge in [0.05, 0.1) is 22.8 Å². The zero-order valence-corrected chi connectivity index (χ0v) is 14.1. The van der Waals surface area contributed by atoms with Crippen molar-refractivity contribution in [3.05, 3.63) is 52.5 Å². The third kappa shape index (κ3) is 4.32. The van der Waals surface area contributed by atoms with E-state index in [1.54, 1.807) is 18.2 Å². The molecule has 0 bridgehead atoms. The minimum absolute atomic E-state index is 0.108. The molecule has 1 aliphatic rings. The number of carbonyl (C=O) groups is 1. The van der Waals surface area contributed by atoms with Crippen LogP contribution in [0.2, 0.25) is 5.02 Å². The SMILES string of the molecule is O=C(CNc1ccc(C(F)(F)F)cc1Cl)NCc1ccc2c(c1)OCO2. The Morgan fingerprint density at radius 1 is 1.12 bits per heavy atom. The Labute approximate surface area is 152 Å². The second-order valence-corrected chi connectivity index (χ2v) is 5.92. The summed E-state index contributed by atoms with van der Waals surface area (Å²) in [6.45, 7) is 0.316. The first-order valence-corrected chi connectivity index (χ1v) is 7.96. The van der Waals surface area contributed by atoms with E-state index in [0.717, 1.165) is 17.7 Å². The van der Waals surface area contributed by atoms with Crippen LogP contribution in [0.25, 0.3) is 0 Å². The Morgan fingerprint density at radius 2 is 1.88 bits per heavy atom. The number of benzene rings is 2. The van der Waals surface area contributed by atoms with Crippen molar-refractivity contribution in [3.63, 3.8) is 0 Å². The van der Waals surface area contributed by atoms with Crippen LogP contribution in [0, 0.1) is 0 Å². The van der Waals surface area contributed by atoms with Crippen molar-refractivity contribution < 1.29 is 27.4 Å². The molecule has 2 aromatic carbocycles. The highest BCUT2D eigenvalue weighted by atomic mass is 35.5. The van der Waals surface area contributed by atoms with Crippen LogP contribution in [0.15, 0.2) is 36.4 Å². The molecule has 0 fully saturated rings. The second kappa shape index (κ2) is 7.33. The van der Waals surface area contributed by atoms with E-state index in [4.69, 9.17) is 21.1 Å². The van der Waals surface area contributed by atoms with Gasteiger partial charge in [-0.1, -0.05) is 17.7 Å². The summed E-state index contributed by atoms with van der Waals surface area (Å²) in [4.78, 5) is 11.9. The van der Waals surface area contributed by atoms with E-state index < -0.39 is 11.7 Å². The molecule has 0 saturated carbocycles. The van der Waals surface area contributed by atoms with Gasteiger partial charge in [-0.2, -0.15) is 13.2 Å². The molecule has 2 N–H and O–H groups in total. The van der Waals surface area contributed by atoms with E-state index >= 15 is 0 Å². The quantitative estimate of drug-likeness (QED) is 0.820. The van der Waals surface area contributed by atoms with E-state index in [9.17, 15) is 18.0 Å². The molecule has 1 heterocycles. The summed E-state index contributed by atoms with van der Waals surface area (Å²) in [5, 5.41) is 5.30. The van der Waals surface area contributed by atoms with Crippen molar-refractivity contribution in [2.24, 2.45) is 0 Å². The number of nitrogens with one attached hydrogen (secondary N) is 2. The fourth-order valence-electron chi connectivity index (χ4n) is 2.32. The number of rotatable bonds is 5. The van der Waals surface area contributed by atoms with Gasteiger partial charge in [-0.25, -0.2) is 0 Å². The monoisotopic (exact) mass is 386 g/mol. The molecule has 0 atom stereocenters. The van der Waals surface area contributed by atoms with Gasteiger partial charge in [0.1, 0.15) is 0 Å². The smallest absolute Gasteiger partial charge is 0.416 e. The maximum atomic E-state index is 12.6. The predicted molar refractivity (Wildman–Crippen MR) is 89.4 cm³/mol. The lowest BCUT2D eigenvalue weighted by atomic mass is 10.2. The maximum absolute atomic E-state index is 12.6. The van der Waals surface area contributed by atoms with Crippen LogP contribution >= 0.6 is 11.6 Å². The fraction of sp³-hybridized carbons (Fsp3) is 0.235. The summed E-state index contributed by atoms with van der Waals surface area (Å²) >= 11 is 5.83. The Balaban J connectivity index is 1.51. The molecule has 0 radical (unpaired) electrons. The first-order valence-electron chi connectivity index (χ1n) is 7.59. The van der Waals surface area contributed by atoms with E-state index in [2.05, 4.69) is 10.6 Å². The molecule has 2 aromatic rings. The minimum Gasteiger partial charge on any atom is -0.454 e. The first kappa shape index (κ1) is 18.2. The zero-order chi connectivity index (χ0) is 18.7. The van der Waals surface area contributed by atoms with Gasteiger partial charge in [0.15, 0.2) is 11.5 Å². The van der Waals surface area contributed by atoms with Crippen molar-refractivity contribution in [1.82, 2.24) is 5.32 Å². The minimum atomic E-state index is -4.47. The fourth-order valence-corrected chi connectivity index (χ4v) is 2.57. The van der Waals surface area contributed by atoms with Crippen LogP contribution in [0.5, 0.6) is 11.5 Å². The van der Waals surface area contributed by atoms with E-state index in [-0.39, 0.29) is 36.5 Å². The average molecular weight is 387 g/mol. The van der Waals surface area contributed by atoms with Gasteiger partial charge < -0.3 is 20.1 Å². The highest BCUT2D eigenvalue weighted by Crippen LogP contribution is 2.34. The number of hydrogen-bond donors (Lipinski definition) is 2. The molecule has 1 aliphatic heterocycles. The van der Waals surface area contributed by atoms with Crippen molar-refractivity contribution in [1.29, 1.82) is 0 Å². The van der Waals surface area contributed by atoms with Gasteiger partial charge in [-0.3, -0.25) is 4.79 Å². The van der Waals surface area contributed by atoms with Gasteiger partial charge in [0.25, 0.3) is 0 Å². The van der Waals surface area contributed by atoms with Crippen LogP contribution in [0.4, 0.5) is 18.9 Å². The molecule has 0 unspecified atom stereocenters. The summed E-state index contributed by atoms with van der Waals surface area (Å²) in [6, 6.07) is 8.23. The molecule has 138 valence electrons. The zero-order valence-electron chi connectivity index (χ0n) is 13.3. The molecule has 9 heteroatoms.